The van der Waals surface area contributed by atoms with Crippen LogP contribution in [0.15, 0.2) is 54.6 Å². The Hall–Kier alpha value is -3.33. The van der Waals surface area contributed by atoms with Crippen LogP contribution in [0.25, 0.3) is 0 Å². The molecule has 0 aromatic heterocycles. The molecule has 1 fully saturated rings. The van der Waals surface area contributed by atoms with Gasteiger partial charge in [0.15, 0.2) is 0 Å². The largest absolute Gasteiger partial charge is 0.352 e. The summed E-state index contributed by atoms with van der Waals surface area (Å²) >= 11 is 0. The molecule has 31 heavy (non-hydrogen) atoms. The number of nitriles is 1. The molecule has 0 radical (unpaired) electrons. The summed E-state index contributed by atoms with van der Waals surface area (Å²) < 4.78 is 0. The smallest absolute Gasteiger partial charge is 0.314 e. The van der Waals surface area contributed by atoms with E-state index in [2.05, 4.69) is 34.2 Å². The monoisotopic (exact) mass is 418 g/mol. The van der Waals surface area contributed by atoms with Gasteiger partial charge in [0.25, 0.3) is 5.91 Å². The number of hydrogen-bond donors (Lipinski definition) is 3. The zero-order valence-corrected chi connectivity index (χ0v) is 17.8. The second-order valence-corrected chi connectivity index (χ2v) is 8.16. The molecule has 0 aliphatic heterocycles. The molecule has 0 unspecified atom stereocenters. The van der Waals surface area contributed by atoms with Crippen molar-refractivity contribution in [2.75, 3.05) is 19.6 Å². The molecule has 1 aliphatic rings. The molecule has 0 bridgehead atoms. The minimum absolute atomic E-state index is 0.107. The van der Waals surface area contributed by atoms with Gasteiger partial charge in [-0.05, 0) is 67.7 Å². The van der Waals surface area contributed by atoms with Gasteiger partial charge in [0.2, 0.25) is 0 Å². The van der Waals surface area contributed by atoms with Crippen molar-refractivity contribution in [3.63, 3.8) is 0 Å². The second kappa shape index (κ2) is 11.8. The molecule has 0 spiro atoms. The summed E-state index contributed by atoms with van der Waals surface area (Å²) in [7, 11) is 0. The summed E-state index contributed by atoms with van der Waals surface area (Å²) in [6, 6.07) is 18.8. The van der Waals surface area contributed by atoms with Crippen molar-refractivity contribution in [1.29, 1.82) is 5.26 Å². The Bertz CT molecular complexity index is 899. The lowest BCUT2D eigenvalue weighted by atomic mass is 9.82. The third-order valence-corrected chi connectivity index (χ3v) is 5.86. The third-order valence-electron chi connectivity index (χ3n) is 5.86. The summed E-state index contributed by atoms with van der Waals surface area (Å²) in [4.78, 5) is 24.3. The Balaban J connectivity index is 1.28. The van der Waals surface area contributed by atoms with E-state index in [0.29, 0.717) is 42.6 Å². The van der Waals surface area contributed by atoms with Gasteiger partial charge in [0.05, 0.1) is 11.6 Å². The van der Waals surface area contributed by atoms with Crippen LogP contribution in [0.2, 0.25) is 0 Å². The van der Waals surface area contributed by atoms with E-state index < -0.39 is 0 Å². The number of amides is 3. The average Bonchev–Trinajstić information content (AvgIpc) is 2.82. The Morgan fingerprint density at radius 3 is 2.23 bits per heavy atom. The van der Waals surface area contributed by atoms with Crippen LogP contribution in [-0.2, 0) is 6.42 Å². The molecule has 2 aromatic carbocycles. The van der Waals surface area contributed by atoms with Crippen LogP contribution in [0.4, 0.5) is 4.79 Å². The lowest BCUT2D eigenvalue weighted by Gasteiger charge is -2.28. The maximum absolute atomic E-state index is 12.3. The third kappa shape index (κ3) is 7.45. The van der Waals surface area contributed by atoms with Crippen LogP contribution in [0, 0.1) is 23.2 Å². The summed E-state index contributed by atoms with van der Waals surface area (Å²) in [5, 5.41) is 17.9. The van der Waals surface area contributed by atoms with E-state index in [1.54, 1.807) is 24.3 Å². The molecule has 3 rings (SSSR count). The van der Waals surface area contributed by atoms with Crippen LogP contribution in [0.1, 0.15) is 47.2 Å². The number of hydrogen-bond acceptors (Lipinski definition) is 3. The first-order chi connectivity index (χ1) is 15.1. The molecule has 6 nitrogen and oxygen atoms in total. The predicted octanol–water partition coefficient (Wildman–Crippen LogP) is 3.64. The van der Waals surface area contributed by atoms with E-state index in [4.69, 9.17) is 5.26 Å². The van der Waals surface area contributed by atoms with E-state index in [1.165, 1.54) is 5.56 Å². The Morgan fingerprint density at radius 2 is 1.55 bits per heavy atom. The predicted molar refractivity (Wildman–Crippen MR) is 120 cm³/mol. The van der Waals surface area contributed by atoms with Crippen molar-refractivity contribution in [2.24, 2.45) is 11.8 Å². The van der Waals surface area contributed by atoms with Crippen molar-refractivity contribution in [3.8, 4) is 6.07 Å². The first kappa shape index (κ1) is 22.4. The van der Waals surface area contributed by atoms with Crippen LogP contribution < -0.4 is 16.0 Å². The first-order valence-electron chi connectivity index (χ1n) is 11.0. The molecule has 0 saturated heterocycles. The fourth-order valence-corrected chi connectivity index (χ4v) is 3.97. The zero-order valence-electron chi connectivity index (χ0n) is 17.8. The Morgan fingerprint density at radius 1 is 0.871 bits per heavy atom. The minimum atomic E-state index is -0.131. The van der Waals surface area contributed by atoms with Gasteiger partial charge >= 0.3 is 6.03 Å². The highest BCUT2D eigenvalue weighted by Crippen LogP contribution is 2.28. The van der Waals surface area contributed by atoms with Crippen molar-refractivity contribution in [3.05, 3.63) is 71.3 Å². The molecule has 0 atom stereocenters. The highest BCUT2D eigenvalue weighted by molar-refractivity contribution is 5.94. The highest BCUT2D eigenvalue weighted by atomic mass is 16.2. The van der Waals surface area contributed by atoms with Crippen molar-refractivity contribution in [1.82, 2.24) is 16.0 Å². The highest BCUT2D eigenvalue weighted by Gasteiger charge is 2.22. The standard InChI is InChI=1S/C25H30N4O2/c26-16-22-7-4-8-23(15-22)24(30)28-17-20-9-11-21(12-10-20)18-29-25(31)27-14-13-19-5-2-1-3-6-19/h1-8,15,20-21H,9-14,17-18H2,(H,28,30)(H2,27,29,31). The number of carbonyl (C=O) groups is 2. The number of urea groups is 1. The van der Waals surface area contributed by atoms with Crippen molar-refractivity contribution >= 4 is 11.9 Å². The molecular formula is C25H30N4O2. The number of carbonyl (C=O) groups excluding carboxylic acids is 2. The van der Waals surface area contributed by atoms with E-state index >= 15 is 0 Å². The number of benzene rings is 2. The summed E-state index contributed by atoms with van der Waals surface area (Å²) in [6.07, 6.45) is 5.01. The van der Waals surface area contributed by atoms with E-state index in [9.17, 15) is 9.59 Å². The van der Waals surface area contributed by atoms with Gasteiger partial charge in [-0.25, -0.2) is 4.79 Å². The molecule has 1 saturated carbocycles. The van der Waals surface area contributed by atoms with Crippen molar-refractivity contribution < 1.29 is 9.59 Å². The van der Waals surface area contributed by atoms with Gasteiger partial charge in [-0.15, -0.1) is 0 Å². The van der Waals surface area contributed by atoms with Gasteiger partial charge in [0, 0.05) is 25.2 Å². The van der Waals surface area contributed by atoms with Crippen LogP contribution >= 0.6 is 0 Å². The first-order valence-corrected chi connectivity index (χ1v) is 11.0. The molecule has 6 heteroatoms. The van der Waals surface area contributed by atoms with E-state index in [0.717, 1.165) is 32.1 Å². The Labute approximate surface area is 184 Å². The zero-order chi connectivity index (χ0) is 21.9. The van der Waals surface area contributed by atoms with Gasteiger partial charge in [-0.2, -0.15) is 5.26 Å². The van der Waals surface area contributed by atoms with Gasteiger partial charge in [-0.3, -0.25) is 4.79 Å². The average molecular weight is 419 g/mol. The van der Waals surface area contributed by atoms with Crippen LogP contribution in [-0.4, -0.2) is 31.6 Å². The second-order valence-electron chi connectivity index (χ2n) is 8.16. The summed E-state index contributed by atoms with van der Waals surface area (Å²) in [6.45, 7) is 1.96. The molecule has 3 amide bonds. The summed E-state index contributed by atoms with van der Waals surface area (Å²) in [5.41, 5.74) is 2.23. The maximum atomic E-state index is 12.3. The molecule has 3 N–H and O–H groups in total. The maximum Gasteiger partial charge on any atom is 0.314 e. The van der Waals surface area contributed by atoms with Gasteiger partial charge in [-0.1, -0.05) is 36.4 Å². The molecule has 1 aliphatic carbocycles. The van der Waals surface area contributed by atoms with Crippen LogP contribution in [0.5, 0.6) is 0 Å². The minimum Gasteiger partial charge on any atom is -0.352 e. The van der Waals surface area contributed by atoms with Crippen molar-refractivity contribution in [2.45, 2.75) is 32.1 Å². The molecule has 0 heterocycles. The number of nitrogens with one attached hydrogen (secondary N) is 3. The number of rotatable bonds is 8. The molecule has 162 valence electrons. The fraction of sp³-hybridized carbons (Fsp3) is 0.400. The quantitative estimate of drug-likeness (QED) is 0.611. The van der Waals surface area contributed by atoms with Gasteiger partial charge < -0.3 is 16.0 Å². The summed E-state index contributed by atoms with van der Waals surface area (Å²) in [5.74, 6) is 0.811. The molecule has 2 aromatic rings. The lowest BCUT2D eigenvalue weighted by molar-refractivity contribution is 0.0941. The van der Waals surface area contributed by atoms with Crippen LogP contribution in [0.3, 0.4) is 0 Å². The SMILES string of the molecule is N#Cc1cccc(C(=O)NCC2CCC(CNC(=O)NCCc3ccccc3)CC2)c1. The fourth-order valence-electron chi connectivity index (χ4n) is 3.97. The van der Waals surface area contributed by atoms with Gasteiger partial charge in [0.1, 0.15) is 0 Å². The Kier molecular flexibility index (Phi) is 8.48. The van der Waals surface area contributed by atoms with E-state index in [-0.39, 0.29) is 11.9 Å². The normalized spacial score (nSPS) is 17.9. The van der Waals surface area contributed by atoms with E-state index in [1.807, 2.05) is 18.2 Å². The topological polar surface area (TPSA) is 94.0 Å². The lowest BCUT2D eigenvalue weighted by Crippen LogP contribution is -2.40. The number of nitrogens with zero attached hydrogens (tertiary/aromatic N) is 1. The molecular weight excluding hydrogens is 388 g/mol.